The van der Waals surface area contributed by atoms with Gasteiger partial charge in [0.25, 0.3) is 11.1 Å². The van der Waals surface area contributed by atoms with Gasteiger partial charge in [0.2, 0.25) is 0 Å². The largest absolute Gasteiger partial charge is 0.493 e. The predicted octanol–water partition coefficient (Wildman–Crippen LogP) is 3.46. The van der Waals surface area contributed by atoms with Crippen LogP contribution >= 0.6 is 11.8 Å². The van der Waals surface area contributed by atoms with Gasteiger partial charge in [-0.25, -0.2) is 0 Å². The lowest BCUT2D eigenvalue weighted by Crippen LogP contribution is -2.37. The summed E-state index contributed by atoms with van der Waals surface area (Å²) in [6, 6.07) is 7.24. The third-order valence-corrected chi connectivity index (χ3v) is 3.99. The summed E-state index contributed by atoms with van der Waals surface area (Å²) in [4.78, 5) is 37.6. The number of imide groups is 1. The molecule has 1 aliphatic heterocycles. The van der Waals surface area contributed by atoms with Gasteiger partial charge in [0, 0.05) is 5.56 Å². The third-order valence-electron chi connectivity index (χ3n) is 3.09. The molecule has 134 valence electrons. The lowest BCUT2D eigenvalue weighted by atomic mass is 10.2. The van der Waals surface area contributed by atoms with E-state index in [0.717, 1.165) is 16.7 Å². The number of thioether (sulfide) groups is 1. The summed E-state index contributed by atoms with van der Waals surface area (Å²) in [5, 5.41) is -0.490. The van der Waals surface area contributed by atoms with Crippen LogP contribution in [-0.4, -0.2) is 40.8 Å². The first-order valence-electron chi connectivity index (χ1n) is 7.90. The van der Waals surface area contributed by atoms with E-state index in [0.29, 0.717) is 17.9 Å². The average Bonchev–Trinajstić information content (AvgIpc) is 2.75. The predicted molar refractivity (Wildman–Crippen MR) is 96.1 cm³/mol. The van der Waals surface area contributed by atoms with Gasteiger partial charge in [0.1, 0.15) is 17.9 Å². The Morgan fingerprint density at radius 1 is 1.24 bits per heavy atom. The first-order valence-corrected chi connectivity index (χ1v) is 8.72. The van der Waals surface area contributed by atoms with E-state index in [2.05, 4.69) is 0 Å². The lowest BCUT2D eigenvalue weighted by Gasteiger charge is -2.21. The molecule has 0 spiro atoms. The fourth-order valence-corrected chi connectivity index (χ4v) is 3.00. The summed E-state index contributed by atoms with van der Waals surface area (Å²) < 4.78 is 10.7. The van der Waals surface area contributed by atoms with E-state index in [1.807, 2.05) is 19.1 Å². The van der Waals surface area contributed by atoms with Gasteiger partial charge in [-0.1, -0.05) is 18.2 Å². The molecule has 1 saturated heterocycles. The monoisotopic (exact) mass is 363 g/mol. The maximum Gasteiger partial charge on any atom is 0.326 e. The van der Waals surface area contributed by atoms with Gasteiger partial charge in [-0.15, -0.1) is 0 Å². The Hall–Kier alpha value is -2.28. The molecule has 1 heterocycles. The van der Waals surface area contributed by atoms with Gasteiger partial charge >= 0.3 is 5.97 Å². The molecular weight excluding hydrogens is 342 g/mol. The van der Waals surface area contributed by atoms with Crippen molar-refractivity contribution >= 4 is 35.0 Å². The Morgan fingerprint density at radius 2 is 1.92 bits per heavy atom. The molecule has 25 heavy (non-hydrogen) atoms. The highest BCUT2D eigenvalue weighted by atomic mass is 32.2. The number of benzene rings is 1. The summed E-state index contributed by atoms with van der Waals surface area (Å²) in [5.41, 5.74) is 0.0256. The van der Waals surface area contributed by atoms with Crippen LogP contribution in [0.4, 0.5) is 4.79 Å². The Morgan fingerprint density at radius 3 is 2.56 bits per heavy atom. The van der Waals surface area contributed by atoms with E-state index in [9.17, 15) is 14.4 Å². The first kappa shape index (κ1) is 19.1. The molecule has 0 aliphatic carbocycles. The Kier molecular flexibility index (Phi) is 5.89. The zero-order chi connectivity index (χ0) is 18.6. The van der Waals surface area contributed by atoms with Crippen molar-refractivity contribution < 1.29 is 23.9 Å². The highest BCUT2D eigenvalue weighted by Crippen LogP contribution is 2.34. The summed E-state index contributed by atoms with van der Waals surface area (Å²) in [6.07, 6.45) is 1.60. The number of nitrogens with zero attached hydrogens (tertiary/aromatic N) is 1. The number of hydrogen-bond acceptors (Lipinski definition) is 6. The maximum atomic E-state index is 12.5. The van der Waals surface area contributed by atoms with Crippen LogP contribution in [0.25, 0.3) is 6.08 Å². The van der Waals surface area contributed by atoms with Crippen LogP contribution in [0.15, 0.2) is 29.2 Å². The van der Waals surface area contributed by atoms with E-state index in [1.165, 1.54) is 0 Å². The molecule has 6 nitrogen and oxygen atoms in total. The van der Waals surface area contributed by atoms with Crippen molar-refractivity contribution in [3.05, 3.63) is 34.7 Å². The molecule has 2 rings (SSSR count). The standard InChI is InChI=1S/C18H21NO5S/c1-5-23-13-9-7-6-8-12(13)10-14-16(21)19(17(22)25-14)11-15(20)24-18(2,3)4/h6-10H,5,11H2,1-4H3. The molecule has 1 aromatic rings. The first-order chi connectivity index (χ1) is 11.7. The van der Waals surface area contributed by atoms with Gasteiger partial charge in [-0.2, -0.15) is 0 Å². The summed E-state index contributed by atoms with van der Waals surface area (Å²) >= 11 is 0.799. The van der Waals surface area contributed by atoms with Gasteiger partial charge in [-0.3, -0.25) is 19.3 Å². The molecule has 7 heteroatoms. The van der Waals surface area contributed by atoms with Crippen molar-refractivity contribution in [2.24, 2.45) is 0 Å². The van der Waals surface area contributed by atoms with E-state index >= 15 is 0 Å². The second-order valence-corrected chi connectivity index (χ2v) is 7.32. The molecule has 2 amide bonds. The minimum Gasteiger partial charge on any atom is -0.493 e. The van der Waals surface area contributed by atoms with Crippen molar-refractivity contribution in [2.75, 3.05) is 13.2 Å². The normalized spacial score (nSPS) is 16.5. The molecule has 1 aliphatic rings. The SMILES string of the molecule is CCOc1ccccc1C=C1SC(=O)N(CC(=O)OC(C)(C)C)C1=O. The quantitative estimate of drug-likeness (QED) is 0.589. The van der Waals surface area contributed by atoms with E-state index in [4.69, 9.17) is 9.47 Å². The van der Waals surface area contributed by atoms with Gasteiger partial charge in [-0.05, 0) is 51.6 Å². The van der Waals surface area contributed by atoms with Gasteiger partial charge in [0.15, 0.2) is 0 Å². The van der Waals surface area contributed by atoms with Gasteiger partial charge in [0.05, 0.1) is 11.5 Å². The fourth-order valence-electron chi connectivity index (χ4n) is 2.17. The van der Waals surface area contributed by atoms with Crippen LogP contribution in [0, 0.1) is 0 Å². The zero-order valence-corrected chi connectivity index (χ0v) is 15.5. The number of rotatable bonds is 5. The summed E-state index contributed by atoms with van der Waals surface area (Å²) in [7, 11) is 0. The molecule has 1 fully saturated rings. The Labute approximate surface area is 151 Å². The minimum atomic E-state index is -0.675. The Balaban J connectivity index is 2.17. The molecule has 0 aromatic heterocycles. The Bertz CT molecular complexity index is 720. The van der Waals surface area contributed by atoms with Crippen molar-refractivity contribution in [1.82, 2.24) is 4.90 Å². The highest BCUT2D eigenvalue weighted by molar-refractivity contribution is 8.18. The van der Waals surface area contributed by atoms with Crippen molar-refractivity contribution in [3.63, 3.8) is 0 Å². The number of carbonyl (C=O) groups is 3. The van der Waals surface area contributed by atoms with Crippen LogP contribution in [0.2, 0.25) is 0 Å². The van der Waals surface area contributed by atoms with Crippen LogP contribution in [0.3, 0.4) is 0 Å². The van der Waals surface area contributed by atoms with Crippen LogP contribution in [0.1, 0.15) is 33.3 Å². The number of para-hydroxylation sites is 1. The van der Waals surface area contributed by atoms with Crippen LogP contribution in [-0.2, 0) is 14.3 Å². The third kappa shape index (κ3) is 5.09. The maximum absolute atomic E-state index is 12.5. The van der Waals surface area contributed by atoms with Gasteiger partial charge < -0.3 is 9.47 Å². The number of amides is 2. The molecule has 1 aromatic carbocycles. The fraction of sp³-hybridized carbons (Fsp3) is 0.389. The number of esters is 1. The molecule has 0 radical (unpaired) electrons. The number of carbonyl (C=O) groups excluding carboxylic acids is 3. The summed E-state index contributed by atoms with van der Waals surface area (Å²) in [5.74, 6) is -0.498. The molecule has 0 N–H and O–H groups in total. The topological polar surface area (TPSA) is 72.9 Å². The van der Waals surface area contributed by atoms with Crippen molar-refractivity contribution in [1.29, 1.82) is 0 Å². The van der Waals surface area contributed by atoms with Crippen molar-refractivity contribution in [2.45, 2.75) is 33.3 Å². The van der Waals surface area contributed by atoms with E-state index in [1.54, 1.807) is 39.0 Å². The number of ether oxygens (including phenoxy) is 2. The second kappa shape index (κ2) is 7.74. The number of hydrogen-bond donors (Lipinski definition) is 0. The molecule has 0 atom stereocenters. The zero-order valence-electron chi connectivity index (χ0n) is 14.7. The van der Waals surface area contributed by atoms with Crippen LogP contribution in [0.5, 0.6) is 5.75 Å². The second-order valence-electron chi connectivity index (χ2n) is 6.33. The van der Waals surface area contributed by atoms with E-state index in [-0.39, 0.29) is 4.91 Å². The molecule has 0 unspecified atom stereocenters. The molecular formula is C18H21NO5S. The lowest BCUT2D eigenvalue weighted by molar-refractivity contribution is -0.156. The average molecular weight is 363 g/mol. The smallest absolute Gasteiger partial charge is 0.326 e. The van der Waals surface area contributed by atoms with E-state index < -0.39 is 29.3 Å². The van der Waals surface area contributed by atoms with Crippen molar-refractivity contribution in [3.8, 4) is 5.75 Å². The summed E-state index contributed by atoms with van der Waals surface area (Å²) in [6.45, 7) is 7.14. The minimum absolute atomic E-state index is 0.251. The molecule has 0 saturated carbocycles. The van der Waals surface area contributed by atoms with Crippen LogP contribution < -0.4 is 4.74 Å². The highest BCUT2D eigenvalue weighted by Gasteiger charge is 2.37. The molecule has 0 bridgehead atoms.